The number of alkyl halides is 3. The maximum Gasteiger partial charge on any atom is 0.516 e. The van der Waals surface area contributed by atoms with Crippen molar-refractivity contribution < 1.29 is 34.9 Å². The fourth-order valence-corrected chi connectivity index (χ4v) is 2.96. The third-order valence-electron chi connectivity index (χ3n) is 3.71. The molecule has 3 rings (SSSR count). The molecule has 0 unspecified atom stereocenters. The minimum absolute atomic E-state index is 0.00894. The van der Waals surface area contributed by atoms with E-state index in [1.807, 2.05) is 13.8 Å². The molecule has 2 aromatic carbocycles. The van der Waals surface area contributed by atoms with Gasteiger partial charge >= 0.3 is 15.5 Å². The smallest absolute Gasteiger partial charge is 0.356 e. The predicted octanol–water partition coefficient (Wildman–Crippen LogP) is 5.88. The molecule has 162 valence electrons. The quantitative estimate of drug-likeness (QED) is 0.506. The number of hydrogen-bond donors (Lipinski definition) is 1. The van der Waals surface area contributed by atoms with E-state index in [2.05, 4.69) is 5.16 Å². The summed E-state index contributed by atoms with van der Waals surface area (Å²) < 4.78 is 94.3. The fourth-order valence-electron chi connectivity index (χ4n) is 2.38. The van der Waals surface area contributed by atoms with Crippen LogP contribution in [-0.2, 0) is 10.0 Å². The normalized spacial score (nSPS) is 11.6. The molecule has 1 heterocycles. The second kappa shape index (κ2) is 8.82. The standard InChI is InChI=1S/C17H11F5N2O3S.C2H6/c1-9-2-5-14(24-28(25,26)17(20,21)22)12(6-9)15-8-16(27-23-15)11-4-3-10(18)7-13(11)19;1-2/h2-8,24H,1H3;1-2H3. The summed E-state index contributed by atoms with van der Waals surface area (Å²) in [6.07, 6.45) is 0. The van der Waals surface area contributed by atoms with E-state index in [0.29, 0.717) is 11.6 Å². The van der Waals surface area contributed by atoms with Gasteiger partial charge in [0.2, 0.25) is 0 Å². The summed E-state index contributed by atoms with van der Waals surface area (Å²) in [6.45, 7) is 5.63. The van der Waals surface area contributed by atoms with Crippen molar-refractivity contribution in [2.45, 2.75) is 26.3 Å². The number of aromatic nitrogens is 1. The van der Waals surface area contributed by atoms with Gasteiger partial charge in [-0.15, -0.1) is 0 Å². The lowest BCUT2D eigenvalue weighted by Gasteiger charge is -2.13. The zero-order valence-corrected chi connectivity index (χ0v) is 16.8. The summed E-state index contributed by atoms with van der Waals surface area (Å²) in [6, 6.07) is 7.87. The SMILES string of the molecule is CC.Cc1ccc(NS(=O)(=O)C(F)(F)F)c(-c2cc(-c3ccc(F)cc3F)on2)c1. The van der Waals surface area contributed by atoms with Gasteiger partial charge in [0.05, 0.1) is 11.3 Å². The van der Waals surface area contributed by atoms with Crippen molar-refractivity contribution in [3.05, 3.63) is 59.7 Å². The highest BCUT2D eigenvalue weighted by atomic mass is 32.2. The Morgan fingerprint density at radius 3 is 2.23 bits per heavy atom. The average Bonchev–Trinajstić information content (AvgIpc) is 3.13. The van der Waals surface area contributed by atoms with Crippen LogP contribution in [0.3, 0.4) is 0 Å². The topological polar surface area (TPSA) is 72.2 Å². The first-order valence-electron chi connectivity index (χ1n) is 8.60. The molecule has 1 aromatic heterocycles. The van der Waals surface area contributed by atoms with Crippen molar-refractivity contribution in [2.24, 2.45) is 0 Å². The number of rotatable bonds is 4. The van der Waals surface area contributed by atoms with E-state index in [4.69, 9.17) is 4.52 Å². The van der Waals surface area contributed by atoms with Crippen LogP contribution in [0.4, 0.5) is 27.6 Å². The first kappa shape index (κ1) is 23.3. The zero-order valence-electron chi connectivity index (χ0n) is 16.0. The molecule has 0 aliphatic carbocycles. The van der Waals surface area contributed by atoms with Crippen molar-refractivity contribution in [3.63, 3.8) is 0 Å². The van der Waals surface area contributed by atoms with E-state index < -0.39 is 27.2 Å². The maximum atomic E-state index is 13.9. The lowest BCUT2D eigenvalue weighted by Crippen LogP contribution is -2.30. The summed E-state index contributed by atoms with van der Waals surface area (Å²) >= 11 is 0. The maximum absolute atomic E-state index is 13.9. The van der Waals surface area contributed by atoms with Crippen LogP contribution in [0.5, 0.6) is 0 Å². The van der Waals surface area contributed by atoms with Gasteiger partial charge in [-0.1, -0.05) is 30.6 Å². The molecule has 5 nitrogen and oxygen atoms in total. The Morgan fingerprint density at radius 1 is 0.967 bits per heavy atom. The molecule has 11 heteroatoms. The van der Waals surface area contributed by atoms with Crippen molar-refractivity contribution in [1.29, 1.82) is 0 Å². The van der Waals surface area contributed by atoms with Crippen LogP contribution in [0, 0.1) is 18.6 Å². The van der Waals surface area contributed by atoms with Gasteiger partial charge in [0.25, 0.3) is 0 Å². The molecular weight excluding hydrogens is 431 g/mol. The number of nitrogens with zero attached hydrogens (tertiary/aromatic N) is 1. The number of aryl methyl sites for hydroxylation is 1. The zero-order chi connectivity index (χ0) is 22.7. The van der Waals surface area contributed by atoms with E-state index in [9.17, 15) is 30.4 Å². The monoisotopic (exact) mass is 448 g/mol. The number of benzene rings is 2. The molecule has 3 aromatic rings. The first-order valence-corrected chi connectivity index (χ1v) is 10.1. The Hall–Kier alpha value is -2.95. The van der Waals surface area contributed by atoms with E-state index in [1.165, 1.54) is 22.9 Å². The second-order valence-corrected chi connectivity index (χ2v) is 7.47. The van der Waals surface area contributed by atoms with Crippen LogP contribution in [0.15, 0.2) is 47.0 Å². The van der Waals surface area contributed by atoms with Crippen molar-refractivity contribution in [3.8, 4) is 22.6 Å². The fraction of sp³-hybridized carbons (Fsp3) is 0.211. The van der Waals surface area contributed by atoms with E-state index in [1.54, 1.807) is 6.92 Å². The van der Waals surface area contributed by atoms with E-state index in [0.717, 1.165) is 18.2 Å². The molecule has 0 atom stereocenters. The molecule has 0 spiro atoms. The van der Waals surface area contributed by atoms with Crippen LogP contribution >= 0.6 is 0 Å². The van der Waals surface area contributed by atoms with Gasteiger partial charge in [-0.3, -0.25) is 4.72 Å². The molecule has 0 saturated heterocycles. The Labute approximate surface area is 169 Å². The minimum Gasteiger partial charge on any atom is -0.356 e. The van der Waals surface area contributed by atoms with Gasteiger partial charge in [-0.25, -0.2) is 8.78 Å². The van der Waals surface area contributed by atoms with Gasteiger partial charge in [-0.05, 0) is 31.2 Å². The van der Waals surface area contributed by atoms with Crippen LogP contribution in [-0.4, -0.2) is 19.1 Å². The van der Waals surface area contributed by atoms with Crippen molar-refractivity contribution in [2.75, 3.05) is 4.72 Å². The molecule has 0 saturated carbocycles. The van der Waals surface area contributed by atoms with Gasteiger partial charge in [0.15, 0.2) is 5.76 Å². The van der Waals surface area contributed by atoms with Crippen LogP contribution in [0.1, 0.15) is 19.4 Å². The summed E-state index contributed by atoms with van der Waals surface area (Å²) in [4.78, 5) is 0. The predicted molar refractivity (Wildman–Crippen MR) is 102 cm³/mol. The lowest BCUT2D eigenvalue weighted by molar-refractivity contribution is -0.0429. The minimum atomic E-state index is -5.66. The third-order valence-corrected chi connectivity index (χ3v) is 4.80. The molecule has 0 radical (unpaired) electrons. The number of halogens is 5. The highest BCUT2D eigenvalue weighted by Gasteiger charge is 2.46. The summed E-state index contributed by atoms with van der Waals surface area (Å²) in [5.41, 5.74) is -5.47. The summed E-state index contributed by atoms with van der Waals surface area (Å²) in [7, 11) is -5.66. The van der Waals surface area contributed by atoms with Crippen molar-refractivity contribution in [1.82, 2.24) is 5.16 Å². The molecule has 0 bridgehead atoms. The molecule has 0 aliphatic rings. The van der Waals surface area contributed by atoms with Gasteiger partial charge in [-0.2, -0.15) is 21.6 Å². The first-order chi connectivity index (χ1) is 14.0. The second-order valence-electron chi connectivity index (χ2n) is 5.80. The Bertz CT molecular complexity index is 1140. The highest BCUT2D eigenvalue weighted by Crippen LogP contribution is 2.35. The van der Waals surface area contributed by atoms with E-state index in [-0.39, 0.29) is 28.3 Å². The number of anilines is 1. The Balaban J connectivity index is 0.00000155. The van der Waals surface area contributed by atoms with Gasteiger partial charge < -0.3 is 4.52 Å². The molecule has 0 aliphatic heterocycles. The van der Waals surface area contributed by atoms with E-state index >= 15 is 0 Å². The molecular formula is C19H17F5N2O3S. The third kappa shape index (κ3) is 4.96. The largest absolute Gasteiger partial charge is 0.516 e. The molecule has 0 fully saturated rings. The summed E-state index contributed by atoms with van der Waals surface area (Å²) in [5.74, 6) is -1.84. The van der Waals surface area contributed by atoms with Gasteiger partial charge in [0, 0.05) is 17.7 Å². The van der Waals surface area contributed by atoms with Gasteiger partial charge in [0.1, 0.15) is 17.3 Å². The average molecular weight is 448 g/mol. The molecule has 0 amide bonds. The number of hydrogen-bond acceptors (Lipinski definition) is 4. The Morgan fingerprint density at radius 2 is 1.63 bits per heavy atom. The van der Waals surface area contributed by atoms with Crippen molar-refractivity contribution >= 4 is 15.7 Å². The highest BCUT2D eigenvalue weighted by molar-refractivity contribution is 7.93. The van der Waals surface area contributed by atoms with Crippen LogP contribution < -0.4 is 4.72 Å². The summed E-state index contributed by atoms with van der Waals surface area (Å²) in [5, 5.41) is 3.67. The van der Waals surface area contributed by atoms with Crippen LogP contribution in [0.25, 0.3) is 22.6 Å². The molecule has 30 heavy (non-hydrogen) atoms. The lowest BCUT2D eigenvalue weighted by atomic mass is 10.1. The Kier molecular flexibility index (Phi) is 6.86. The number of sulfonamides is 1. The number of nitrogens with one attached hydrogen (secondary N) is 1. The van der Waals surface area contributed by atoms with Crippen LogP contribution in [0.2, 0.25) is 0 Å². The molecule has 1 N–H and O–H groups in total.